The maximum atomic E-state index is 12.5. The summed E-state index contributed by atoms with van der Waals surface area (Å²) in [7, 11) is -0.744. The van der Waals surface area contributed by atoms with Gasteiger partial charge in [-0.05, 0) is 29.3 Å². The van der Waals surface area contributed by atoms with E-state index in [9.17, 15) is 18.0 Å². The molecule has 1 atom stereocenters. The van der Waals surface area contributed by atoms with Gasteiger partial charge < -0.3 is 16.4 Å². The highest BCUT2D eigenvalue weighted by molar-refractivity contribution is 9.10. The van der Waals surface area contributed by atoms with Crippen LogP contribution in [0.3, 0.4) is 0 Å². The molecule has 0 fully saturated rings. The maximum Gasteiger partial charge on any atom is 0.312 e. The van der Waals surface area contributed by atoms with Gasteiger partial charge in [0.1, 0.15) is 0 Å². The van der Waals surface area contributed by atoms with E-state index in [0.29, 0.717) is 11.1 Å². The number of halogens is 1. The fourth-order valence-electron chi connectivity index (χ4n) is 2.70. The largest absolute Gasteiger partial charge is 0.352 e. The Morgan fingerprint density at radius 2 is 1.83 bits per heavy atom. The summed E-state index contributed by atoms with van der Waals surface area (Å²) in [5.41, 5.74) is 6.42. The fraction of sp³-hybridized carbons (Fsp3) is 0.263. The van der Waals surface area contributed by atoms with Crippen molar-refractivity contribution in [2.45, 2.75) is 23.9 Å². The van der Waals surface area contributed by atoms with Gasteiger partial charge >= 0.3 is 6.03 Å². The molecule has 0 aliphatic rings. The molecule has 10 heteroatoms. The third kappa shape index (κ3) is 6.28. The Labute approximate surface area is 178 Å². The third-order valence-electron chi connectivity index (χ3n) is 4.16. The van der Waals surface area contributed by atoms with Gasteiger partial charge in [-0.1, -0.05) is 46.3 Å². The summed E-state index contributed by atoms with van der Waals surface area (Å²) in [5.74, 6) is -0.360. The molecular formula is C19H23BrN4O4S. The van der Waals surface area contributed by atoms with E-state index in [0.717, 1.165) is 8.78 Å². The fourth-order valence-corrected chi connectivity index (χ4v) is 4.23. The molecule has 1 unspecified atom stereocenters. The second kappa shape index (κ2) is 9.86. The van der Waals surface area contributed by atoms with Gasteiger partial charge in [-0.15, -0.1) is 0 Å². The van der Waals surface area contributed by atoms with E-state index in [4.69, 9.17) is 5.73 Å². The Morgan fingerprint density at radius 1 is 1.14 bits per heavy atom. The molecule has 29 heavy (non-hydrogen) atoms. The van der Waals surface area contributed by atoms with Gasteiger partial charge in [0, 0.05) is 25.1 Å². The summed E-state index contributed by atoms with van der Waals surface area (Å²) in [6, 6.07) is 12.3. The van der Waals surface area contributed by atoms with Crippen molar-refractivity contribution in [1.82, 2.24) is 14.9 Å². The van der Waals surface area contributed by atoms with E-state index < -0.39 is 22.1 Å². The Morgan fingerprint density at radius 3 is 2.45 bits per heavy atom. The average Bonchev–Trinajstić information content (AvgIpc) is 2.65. The minimum atomic E-state index is -3.64. The van der Waals surface area contributed by atoms with Crippen molar-refractivity contribution < 1.29 is 18.0 Å². The van der Waals surface area contributed by atoms with Crippen LogP contribution >= 0.6 is 15.9 Å². The van der Waals surface area contributed by atoms with Gasteiger partial charge in [-0.2, -0.15) is 0 Å². The number of primary amides is 1. The lowest BCUT2D eigenvalue weighted by molar-refractivity contribution is -0.121. The molecule has 2 aromatic rings. The first-order valence-electron chi connectivity index (χ1n) is 8.70. The van der Waals surface area contributed by atoms with Crippen molar-refractivity contribution >= 4 is 37.9 Å². The summed E-state index contributed by atoms with van der Waals surface area (Å²) < 4.78 is 26.8. The molecule has 156 valence electrons. The van der Waals surface area contributed by atoms with E-state index in [1.165, 1.54) is 20.2 Å². The van der Waals surface area contributed by atoms with E-state index >= 15 is 0 Å². The van der Waals surface area contributed by atoms with Gasteiger partial charge in [0.15, 0.2) is 0 Å². The molecule has 4 N–H and O–H groups in total. The quantitative estimate of drug-likeness (QED) is 0.533. The van der Waals surface area contributed by atoms with Crippen LogP contribution in [-0.4, -0.2) is 38.8 Å². The summed E-state index contributed by atoms with van der Waals surface area (Å²) in [6.45, 7) is 0.0316. The third-order valence-corrected chi connectivity index (χ3v) is 6.57. The first-order chi connectivity index (χ1) is 13.6. The summed E-state index contributed by atoms with van der Waals surface area (Å²) in [4.78, 5) is 24.0. The van der Waals surface area contributed by atoms with Gasteiger partial charge in [0.05, 0.1) is 17.4 Å². The number of nitrogens with zero attached hydrogens (tertiary/aromatic N) is 1. The minimum absolute atomic E-state index is 0.0316. The normalized spacial score (nSPS) is 12.4. The number of nitrogens with one attached hydrogen (secondary N) is 2. The number of hydrogen-bond donors (Lipinski definition) is 3. The lowest BCUT2D eigenvalue weighted by Gasteiger charge is -2.19. The molecule has 0 aliphatic carbocycles. The minimum Gasteiger partial charge on any atom is -0.352 e. The summed E-state index contributed by atoms with van der Waals surface area (Å²) >= 11 is 3.36. The standard InChI is InChI=1S/C19H23BrN4O4S/c1-24(2)29(27,28)17-9-4-3-6-14(17)12-22-18(25)11-16(23-19(21)26)13-7-5-8-15(20)10-13/h3-10,16H,11-12H2,1-2H3,(H,22,25)(H3,21,23,26). The van der Waals surface area contributed by atoms with Gasteiger partial charge in [0.2, 0.25) is 15.9 Å². The van der Waals surface area contributed by atoms with E-state index in [-0.39, 0.29) is 23.8 Å². The van der Waals surface area contributed by atoms with Crippen molar-refractivity contribution in [3.63, 3.8) is 0 Å². The van der Waals surface area contributed by atoms with Crippen LogP contribution in [0.15, 0.2) is 57.9 Å². The van der Waals surface area contributed by atoms with Crippen LogP contribution in [0.25, 0.3) is 0 Å². The number of carbonyl (C=O) groups excluding carboxylic acids is 2. The zero-order valence-electron chi connectivity index (χ0n) is 16.1. The topological polar surface area (TPSA) is 122 Å². The number of benzene rings is 2. The van der Waals surface area contributed by atoms with Gasteiger partial charge in [0.25, 0.3) is 0 Å². The van der Waals surface area contributed by atoms with Crippen LogP contribution in [0, 0.1) is 0 Å². The average molecular weight is 483 g/mol. The summed E-state index contributed by atoms with van der Waals surface area (Å²) in [5, 5.41) is 5.27. The highest BCUT2D eigenvalue weighted by Crippen LogP contribution is 2.22. The Bertz CT molecular complexity index is 995. The SMILES string of the molecule is CN(C)S(=O)(=O)c1ccccc1CNC(=O)CC(NC(N)=O)c1cccc(Br)c1. The van der Waals surface area contributed by atoms with Crippen molar-refractivity contribution in [1.29, 1.82) is 0 Å². The Balaban J connectivity index is 2.13. The number of amides is 3. The van der Waals surface area contributed by atoms with E-state index in [1.807, 2.05) is 6.07 Å². The molecular weight excluding hydrogens is 460 g/mol. The number of hydrogen-bond acceptors (Lipinski definition) is 4. The van der Waals surface area contributed by atoms with Crippen LogP contribution in [0.2, 0.25) is 0 Å². The highest BCUT2D eigenvalue weighted by Gasteiger charge is 2.22. The molecule has 0 spiro atoms. The molecule has 0 saturated heterocycles. The second-order valence-electron chi connectivity index (χ2n) is 6.49. The van der Waals surface area contributed by atoms with Crippen molar-refractivity contribution in [2.75, 3.05) is 14.1 Å². The molecule has 8 nitrogen and oxygen atoms in total. The second-order valence-corrected chi connectivity index (χ2v) is 9.53. The molecule has 2 rings (SSSR count). The molecule has 0 heterocycles. The Kier molecular flexibility index (Phi) is 7.77. The predicted molar refractivity (Wildman–Crippen MR) is 113 cm³/mol. The van der Waals surface area contributed by atoms with Gasteiger partial charge in [-0.25, -0.2) is 17.5 Å². The van der Waals surface area contributed by atoms with Crippen LogP contribution in [0.4, 0.5) is 4.79 Å². The first kappa shape index (κ1) is 22.9. The monoisotopic (exact) mass is 482 g/mol. The molecule has 0 saturated carbocycles. The van der Waals surface area contributed by atoms with Gasteiger partial charge in [-0.3, -0.25) is 4.79 Å². The van der Waals surface area contributed by atoms with Crippen molar-refractivity contribution in [3.05, 3.63) is 64.1 Å². The number of carbonyl (C=O) groups is 2. The Hall–Kier alpha value is -2.43. The molecule has 2 aromatic carbocycles. The number of rotatable bonds is 8. The van der Waals surface area contributed by atoms with Crippen LogP contribution < -0.4 is 16.4 Å². The predicted octanol–water partition coefficient (Wildman–Crippen LogP) is 2.12. The zero-order valence-corrected chi connectivity index (χ0v) is 18.5. The van der Waals surface area contributed by atoms with E-state index in [1.54, 1.807) is 36.4 Å². The summed E-state index contributed by atoms with van der Waals surface area (Å²) in [6.07, 6.45) is -0.0536. The molecule has 0 radical (unpaired) electrons. The van der Waals surface area contributed by atoms with Crippen LogP contribution in [0.1, 0.15) is 23.6 Å². The highest BCUT2D eigenvalue weighted by atomic mass is 79.9. The lowest BCUT2D eigenvalue weighted by Crippen LogP contribution is -2.36. The molecule has 0 bridgehead atoms. The molecule has 3 amide bonds. The number of urea groups is 1. The molecule has 0 aromatic heterocycles. The van der Waals surface area contributed by atoms with Crippen LogP contribution in [-0.2, 0) is 21.4 Å². The number of nitrogens with two attached hydrogens (primary N) is 1. The molecule has 0 aliphatic heterocycles. The number of sulfonamides is 1. The lowest BCUT2D eigenvalue weighted by atomic mass is 10.0. The maximum absolute atomic E-state index is 12.5. The van der Waals surface area contributed by atoms with Crippen molar-refractivity contribution in [2.24, 2.45) is 5.73 Å². The zero-order chi connectivity index (χ0) is 21.6. The van der Waals surface area contributed by atoms with Crippen molar-refractivity contribution in [3.8, 4) is 0 Å². The van der Waals surface area contributed by atoms with Crippen LogP contribution in [0.5, 0.6) is 0 Å². The van der Waals surface area contributed by atoms with E-state index in [2.05, 4.69) is 26.6 Å². The smallest absolute Gasteiger partial charge is 0.312 e. The first-order valence-corrected chi connectivity index (χ1v) is 10.9.